The second-order valence-corrected chi connectivity index (χ2v) is 9.11. The highest BCUT2D eigenvalue weighted by Crippen LogP contribution is 2.29. The van der Waals surface area contributed by atoms with Crippen molar-refractivity contribution in [3.63, 3.8) is 0 Å². The fourth-order valence-electron chi connectivity index (χ4n) is 4.40. The first kappa shape index (κ1) is 26.4. The molecule has 0 radical (unpaired) electrons. The molecule has 0 amide bonds. The Morgan fingerprint density at radius 2 is 1.68 bits per heavy atom. The summed E-state index contributed by atoms with van der Waals surface area (Å²) < 4.78 is 40.7. The topological polar surface area (TPSA) is 66.3 Å². The van der Waals surface area contributed by atoms with Crippen LogP contribution in [0.1, 0.15) is 20.3 Å². The normalized spacial score (nSPS) is 15.9. The largest absolute Gasteiger partial charge is 0.393 e. The molecular weight excluding hydrogens is 481 g/mol. The Labute approximate surface area is 213 Å². The summed E-state index contributed by atoms with van der Waals surface area (Å²) in [6.07, 6.45) is -0.768. The lowest BCUT2D eigenvalue weighted by molar-refractivity contribution is -0.126. The van der Waals surface area contributed by atoms with Gasteiger partial charge in [-0.25, -0.2) is 4.98 Å². The Morgan fingerprint density at radius 1 is 1.00 bits per heavy atom. The number of anilines is 3. The number of likely N-dealkylation sites (N-methyl/N-ethyl adjacent to an activating group) is 1. The standard InChI is InChI=1S/C27H31F3N6O/c1-4-19(16-27(28,29)30)20(5-2)18-36-24(37)11-6-21-17-31-26(33-25(21)36)32-22-7-9-23(10-8-22)35-14-12-34(3)13-15-35/h4-11,17H,12-16,18H2,1-3H3,(H,31,32,33)/b19-4-,20-5-. The smallest absolute Gasteiger partial charge is 0.369 e. The molecule has 1 N–H and O–H groups in total. The molecule has 0 atom stereocenters. The summed E-state index contributed by atoms with van der Waals surface area (Å²) in [6.45, 7) is 7.19. The van der Waals surface area contributed by atoms with Gasteiger partial charge in [0.15, 0.2) is 0 Å². The Hall–Kier alpha value is -3.66. The quantitative estimate of drug-likeness (QED) is 0.443. The molecule has 0 unspecified atom stereocenters. The van der Waals surface area contributed by atoms with Gasteiger partial charge in [0, 0.05) is 55.2 Å². The van der Waals surface area contributed by atoms with Gasteiger partial charge in [0.1, 0.15) is 5.65 Å². The van der Waals surface area contributed by atoms with E-state index in [1.807, 2.05) is 24.3 Å². The van der Waals surface area contributed by atoms with Crippen molar-refractivity contribution < 1.29 is 13.2 Å². The predicted octanol–water partition coefficient (Wildman–Crippen LogP) is 5.13. The molecule has 1 aromatic carbocycles. The number of nitrogens with one attached hydrogen (secondary N) is 1. The van der Waals surface area contributed by atoms with E-state index >= 15 is 0 Å². The lowest BCUT2D eigenvalue weighted by atomic mass is 10.0. The van der Waals surface area contributed by atoms with E-state index in [0.29, 0.717) is 22.6 Å². The number of aromatic nitrogens is 3. The molecule has 4 rings (SSSR count). The molecule has 1 fully saturated rings. The molecule has 2 aromatic heterocycles. The van der Waals surface area contributed by atoms with Crippen molar-refractivity contribution >= 4 is 28.4 Å². The van der Waals surface area contributed by atoms with Crippen LogP contribution in [-0.2, 0) is 6.54 Å². The van der Waals surface area contributed by atoms with Crippen molar-refractivity contribution in [2.45, 2.75) is 33.0 Å². The van der Waals surface area contributed by atoms with Crippen LogP contribution in [0.2, 0.25) is 0 Å². The van der Waals surface area contributed by atoms with Gasteiger partial charge >= 0.3 is 6.18 Å². The van der Waals surface area contributed by atoms with Gasteiger partial charge in [-0.2, -0.15) is 18.2 Å². The van der Waals surface area contributed by atoms with Crippen LogP contribution in [-0.4, -0.2) is 58.8 Å². The molecule has 196 valence electrons. The summed E-state index contributed by atoms with van der Waals surface area (Å²) in [4.78, 5) is 26.3. The van der Waals surface area contributed by atoms with Gasteiger partial charge in [0.05, 0.1) is 13.0 Å². The molecule has 37 heavy (non-hydrogen) atoms. The Morgan fingerprint density at radius 3 is 2.30 bits per heavy atom. The highest BCUT2D eigenvalue weighted by molar-refractivity contribution is 5.76. The first-order valence-corrected chi connectivity index (χ1v) is 12.2. The third-order valence-electron chi connectivity index (χ3n) is 6.54. The zero-order valence-corrected chi connectivity index (χ0v) is 21.2. The highest BCUT2D eigenvalue weighted by atomic mass is 19.4. The number of hydrogen-bond donors (Lipinski definition) is 1. The summed E-state index contributed by atoms with van der Waals surface area (Å²) >= 11 is 0. The number of allylic oxidation sites excluding steroid dienone is 4. The number of rotatable bonds is 7. The number of nitrogens with zero attached hydrogens (tertiary/aromatic N) is 5. The fraction of sp³-hybridized carbons (Fsp3) is 0.370. The number of pyridine rings is 1. The summed E-state index contributed by atoms with van der Waals surface area (Å²) in [6, 6.07) is 11.0. The Bertz CT molecular complexity index is 1350. The summed E-state index contributed by atoms with van der Waals surface area (Å²) in [5, 5.41) is 3.79. The minimum absolute atomic E-state index is 0.0292. The maximum atomic E-state index is 13.1. The molecular formula is C27H31F3N6O. The lowest BCUT2D eigenvalue weighted by Crippen LogP contribution is -2.44. The van der Waals surface area contributed by atoms with Crippen LogP contribution in [0.4, 0.5) is 30.5 Å². The van der Waals surface area contributed by atoms with Crippen LogP contribution in [0.3, 0.4) is 0 Å². The van der Waals surface area contributed by atoms with Gasteiger partial charge in [0.25, 0.3) is 5.56 Å². The highest BCUT2D eigenvalue weighted by Gasteiger charge is 2.29. The second-order valence-electron chi connectivity index (χ2n) is 9.11. The van der Waals surface area contributed by atoms with Gasteiger partial charge in [0.2, 0.25) is 5.95 Å². The van der Waals surface area contributed by atoms with Crippen LogP contribution in [0, 0.1) is 0 Å². The zero-order valence-electron chi connectivity index (χ0n) is 21.2. The molecule has 0 aliphatic carbocycles. The number of hydrogen-bond acceptors (Lipinski definition) is 6. The van der Waals surface area contributed by atoms with E-state index in [0.717, 1.165) is 37.6 Å². The van der Waals surface area contributed by atoms with E-state index < -0.39 is 12.6 Å². The Balaban J connectivity index is 1.58. The number of piperazine rings is 1. The van der Waals surface area contributed by atoms with Crippen molar-refractivity contribution in [1.29, 1.82) is 0 Å². The van der Waals surface area contributed by atoms with Crippen LogP contribution in [0.25, 0.3) is 11.0 Å². The zero-order chi connectivity index (χ0) is 26.6. The molecule has 3 heterocycles. The third-order valence-corrected chi connectivity index (χ3v) is 6.54. The van der Waals surface area contributed by atoms with Gasteiger partial charge in [-0.05, 0) is 62.4 Å². The number of alkyl halides is 3. The van der Waals surface area contributed by atoms with E-state index in [2.05, 4.69) is 32.1 Å². The van der Waals surface area contributed by atoms with Crippen molar-refractivity contribution in [2.75, 3.05) is 43.4 Å². The van der Waals surface area contributed by atoms with Crippen LogP contribution in [0.15, 0.2) is 70.7 Å². The molecule has 7 nitrogen and oxygen atoms in total. The first-order valence-electron chi connectivity index (χ1n) is 12.2. The average molecular weight is 513 g/mol. The second kappa shape index (κ2) is 11.2. The maximum absolute atomic E-state index is 13.1. The van der Waals surface area contributed by atoms with Gasteiger partial charge in [-0.1, -0.05) is 12.2 Å². The molecule has 10 heteroatoms. The molecule has 1 aliphatic heterocycles. The molecule has 0 bridgehead atoms. The van der Waals surface area contributed by atoms with Crippen LogP contribution >= 0.6 is 0 Å². The third kappa shape index (κ3) is 6.56. The van der Waals surface area contributed by atoms with Crippen molar-refractivity contribution in [1.82, 2.24) is 19.4 Å². The first-order chi connectivity index (χ1) is 17.7. The van der Waals surface area contributed by atoms with E-state index in [-0.39, 0.29) is 17.7 Å². The van der Waals surface area contributed by atoms with E-state index in [4.69, 9.17) is 0 Å². The average Bonchev–Trinajstić information content (AvgIpc) is 2.87. The van der Waals surface area contributed by atoms with Gasteiger partial charge in [-0.3, -0.25) is 9.36 Å². The molecule has 1 aliphatic rings. The number of fused-ring (bicyclic) bond motifs is 1. The summed E-state index contributed by atoms with van der Waals surface area (Å²) in [5.41, 5.74) is 2.48. The number of benzene rings is 1. The van der Waals surface area contributed by atoms with Crippen molar-refractivity contribution in [3.05, 3.63) is 76.2 Å². The molecule has 1 saturated heterocycles. The van der Waals surface area contributed by atoms with E-state index in [1.54, 1.807) is 32.2 Å². The predicted molar refractivity (Wildman–Crippen MR) is 141 cm³/mol. The van der Waals surface area contributed by atoms with Crippen molar-refractivity contribution in [3.8, 4) is 0 Å². The maximum Gasteiger partial charge on any atom is 0.393 e. The Kier molecular flexibility index (Phi) is 7.97. The van der Waals surface area contributed by atoms with E-state index in [1.165, 1.54) is 16.7 Å². The SMILES string of the molecule is C/C=C(CC(F)(F)F)\C(=C/C)Cn1c(=O)ccc2cnc(Nc3ccc(N4CCN(C)CC4)cc3)nc21. The minimum atomic E-state index is -4.35. The van der Waals surface area contributed by atoms with Gasteiger partial charge in [-0.15, -0.1) is 0 Å². The van der Waals surface area contributed by atoms with E-state index in [9.17, 15) is 18.0 Å². The molecule has 0 saturated carbocycles. The molecule has 0 spiro atoms. The van der Waals surface area contributed by atoms with Crippen molar-refractivity contribution in [2.24, 2.45) is 0 Å². The summed E-state index contributed by atoms with van der Waals surface area (Å²) in [5.74, 6) is 0.294. The minimum Gasteiger partial charge on any atom is -0.369 e. The van der Waals surface area contributed by atoms with Gasteiger partial charge < -0.3 is 15.1 Å². The monoisotopic (exact) mass is 512 g/mol. The summed E-state index contributed by atoms with van der Waals surface area (Å²) in [7, 11) is 2.12. The molecule has 3 aromatic rings. The van der Waals surface area contributed by atoms with Crippen LogP contribution in [0.5, 0.6) is 0 Å². The number of halogens is 3. The fourth-order valence-corrected chi connectivity index (χ4v) is 4.40. The van der Waals surface area contributed by atoms with Crippen LogP contribution < -0.4 is 15.8 Å². The lowest BCUT2D eigenvalue weighted by Gasteiger charge is -2.34.